The molecule has 2 N–H and O–H groups in total. The van der Waals surface area contributed by atoms with Gasteiger partial charge in [0.1, 0.15) is 8.52 Å². The highest BCUT2D eigenvalue weighted by Gasteiger charge is 2.32. The smallest absolute Gasteiger partial charge is 0.273 e. The third-order valence-corrected chi connectivity index (χ3v) is 3.64. The van der Waals surface area contributed by atoms with Crippen LogP contribution in [0.15, 0.2) is 30.6 Å². The first-order chi connectivity index (χ1) is 14.8. The first-order valence-electron chi connectivity index (χ1n) is 11.5. The molecule has 126 valence electrons. The molecule has 3 heterocycles. The molecule has 0 aliphatic carbocycles. The maximum absolute atomic E-state index is 13.7. The molecule has 0 saturated carbocycles. The largest absolute Gasteiger partial charge is 0.333 e. The lowest BCUT2D eigenvalue weighted by Gasteiger charge is -2.38. The predicted octanol–water partition coefficient (Wildman–Crippen LogP) is 2.05. The van der Waals surface area contributed by atoms with Gasteiger partial charge < -0.3 is 10.6 Å². The fourth-order valence-electron chi connectivity index (χ4n) is 2.47. The Morgan fingerprint density at radius 1 is 1.54 bits per heavy atom. The van der Waals surface area contributed by atoms with Crippen LogP contribution < -0.4 is 5.72 Å². The maximum atomic E-state index is 13.7. The van der Waals surface area contributed by atoms with Gasteiger partial charge in [-0.15, -0.1) is 0 Å². The van der Waals surface area contributed by atoms with Crippen LogP contribution in [0.5, 0.6) is 0 Å². The first-order valence-corrected chi connectivity index (χ1v) is 7.54. The second-order valence-electron chi connectivity index (χ2n) is 5.59. The molecule has 6 nitrogen and oxygen atoms in total. The van der Waals surface area contributed by atoms with Crippen LogP contribution in [0.1, 0.15) is 44.1 Å². The summed E-state index contributed by atoms with van der Waals surface area (Å²) in [4.78, 5) is 26.9. The Morgan fingerprint density at radius 3 is 3.08 bits per heavy atom. The Hall–Kier alpha value is -2.34. The number of piperidine rings is 1. The average molecular weight is 333 g/mol. The summed E-state index contributed by atoms with van der Waals surface area (Å²) in [5, 5.41) is 0. The summed E-state index contributed by atoms with van der Waals surface area (Å²) in [5.41, 5.74) is 0.00211. The zero-order valence-electron chi connectivity index (χ0n) is 21.4. The summed E-state index contributed by atoms with van der Waals surface area (Å²) in [6, 6.07) is 1.67. The monoisotopic (exact) mass is 333 g/mol. The van der Waals surface area contributed by atoms with Crippen LogP contribution in [-0.2, 0) is 0 Å². The molecule has 1 aliphatic heterocycles. The number of aryl methyl sites for hydroxylation is 1. The van der Waals surface area contributed by atoms with Crippen LogP contribution in [0.3, 0.4) is 0 Å². The van der Waals surface area contributed by atoms with Crippen molar-refractivity contribution in [2.45, 2.75) is 32.6 Å². The van der Waals surface area contributed by atoms with E-state index in [2.05, 4.69) is 15.0 Å². The number of rotatable bonds is 4. The van der Waals surface area contributed by atoms with Crippen molar-refractivity contribution in [2.75, 3.05) is 13.0 Å². The van der Waals surface area contributed by atoms with E-state index >= 15 is 0 Å². The lowest BCUT2D eigenvalue weighted by Crippen LogP contribution is -2.50. The van der Waals surface area contributed by atoms with E-state index in [1.165, 1.54) is 19.3 Å². The van der Waals surface area contributed by atoms with Crippen molar-refractivity contribution in [2.24, 2.45) is 11.6 Å². The van der Waals surface area contributed by atoms with Crippen LogP contribution in [0.25, 0.3) is 11.4 Å². The average Bonchev–Trinajstić information content (AvgIpc) is 2.75. The highest BCUT2D eigenvalue weighted by atomic mass is 16.2. The van der Waals surface area contributed by atoms with Crippen molar-refractivity contribution in [3.63, 3.8) is 0 Å². The maximum Gasteiger partial charge on any atom is 0.273 e. The third-order valence-electron chi connectivity index (χ3n) is 3.64. The van der Waals surface area contributed by atoms with Gasteiger partial charge in [0, 0.05) is 44.0 Å². The van der Waals surface area contributed by atoms with Crippen molar-refractivity contribution in [1.82, 2.24) is 19.9 Å². The number of carbonyl (C=O) groups excluding carboxylic acids is 1. The van der Waals surface area contributed by atoms with Gasteiger partial charge in [-0.2, -0.15) is 0 Å². The number of likely N-dealkylation sites (tertiary alicyclic amines) is 1. The van der Waals surface area contributed by atoms with Crippen LogP contribution >= 0.6 is 0 Å². The van der Waals surface area contributed by atoms with Crippen LogP contribution in [0.2, 0.25) is 2.82 Å². The van der Waals surface area contributed by atoms with Crippen molar-refractivity contribution in [1.29, 1.82) is 0 Å². The standard InChI is InChI=1S/C18H23N5O/c1-12-4-6-14(10-19)23(11-12)18(24)16-15(7-5-13(2)22-16)17-20-8-3-9-21-17/h3,5,7-9,12,14H,4,6,10-11,19H2,1-2H3/t12-,14-/m0/s1/i4D,6D2,10D2,14D/hD2/t4?,12-,14-. The summed E-state index contributed by atoms with van der Waals surface area (Å²) < 4.78 is 65.3. The molecule has 6 heteroatoms. The van der Waals surface area contributed by atoms with E-state index in [-0.39, 0.29) is 23.6 Å². The van der Waals surface area contributed by atoms with Gasteiger partial charge in [0.2, 0.25) is 0 Å². The molecule has 3 rings (SSSR count). The van der Waals surface area contributed by atoms with Crippen LogP contribution in [0, 0.1) is 12.8 Å². The number of pyridine rings is 1. The van der Waals surface area contributed by atoms with E-state index in [1.807, 2.05) is 0 Å². The fourth-order valence-corrected chi connectivity index (χ4v) is 2.47. The third kappa shape index (κ3) is 3.28. The molecule has 1 aliphatic rings. The molecule has 0 radical (unpaired) electrons. The number of carbonyl (C=O) groups is 1. The molecular formula is C18H23N5O. The molecule has 1 fully saturated rings. The predicted molar refractivity (Wildman–Crippen MR) is 92.3 cm³/mol. The second kappa shape index (κ2) is 7.05. The number of nitrogens with two attached hydrogens (primary N) is 1. The minimum absolute atomic E-state index is 0.163. The molecule has 1 saturated heterocycles. The molecule has 0 aromatic carbocycles. The highest BCUT2D eigenvalue weighted by molar-refractivity contribution is 5.98. The Labute approximate surface area is 153 Å². The zero-order valence-corrected chi connectivity index (χ0v) is 13.4. The number of nitrogens with zero attached hydrogens (tertiary/aromatic N) is 4. The zero-order chi connectivity index (χ0) is 24.1. The van der Waals surface area contributed by atoms with Crippen molar-refractivity contribution >= 4 is 5.91 Å². The second-order valence-corrected chi connectivity index (χ2v) is 5.59. The minimum atomic E-state index is -3.28. The molecule has 3 atom stereocenters. The summed E-state index contributed by atoms with van der Waals surface area (Å²) in [6.45, 7) is -0.464. The lowest BCUT2D eigenvalue weighted by atomic mass is 9.93. The molecule has 0 spiro atoms. The van der Waals surface area contributed by atoms with Crippen LogP contribution in [0.4, 0.5) is 0 Å². The van der Waals surface area contributed by atoms with Gasteiger partial charge in [0.15, 0.2) is 5.82 Å². The van der Waals surface area contributed by atoms with Gasteiger partial charge in [-0.05, 0) is 43.8 Å². The van der Waals surface area contributed by atoms with Gasteiger partial charge in [0.05, 0.1) is 6.93 Å². The minimum Gasteiger partial charge on any atom is -0.333 e. The number of amides is 1. The molecule has 1 unspecified atom stereocenters. The van der Waals surface area contributed by atoms with Gasteiger partial charge in [-0.25, -0.2) is 15.0 Å². The normalized spacial score (nSPS) is 34.7. The van der Waals surface area contributed by atoms with Gasteiger partial charge >= 0.3 is 0 Å². The molecule has 2 aromatic rings. The summed E-state index contributed by atoms with van der Waals surface area (Å²) >= 11 is 0. The van der Waals surface area contributed by atoms with E-state index in [4.69, 9.17) is 11.0 Å². The number of hydrogen-bond donors (Lipinski definition) is 1. The van der Waals surface area contributed by atoms with E-state index < -0.39 is 42.8 Å². The topological polar surface area (TPSA) is 85.0 Å². The Kier molecular flexibility index (Phi) is 2.71. The highest BCUT2D eigenvalue weighted by Crippen LogP contribution is 2.26. The number of hydrogen-bond acceptors (Lipinski definition) is 5. The molecule has 0 bridgehead atoms. The quantitative estimate of drug-likeness (QED) is 0.925. The van der Waals surface area contributed by atoms with Gasteiger partial charge in [0.25, 0.3) is 5.91 Å². The SMILES string of the molecule is [2H]C1[C@H](C)CN(C(=O)c2nc(C)ccc2-c2ncccn2)[C@]([2H])(C([2H])([2H])N([2H])[2H])C1([2H])[2H]. The summed E-state index contributed by atoms with van der Waals surface area (Å²) in [7, 11) is 0. The van der Waals surface area contributed by atoms with E-state index in [9.17, 15) is 4.79 Å². The first kappa shape index (κ1) is 9.22. The van der Waals surface area contributed by atoms with E-state index in [1.54, 1.807) is 25.1 Å². The molecular weight excluding hydrogens is 302 g/mol. The molecule has 24 heavy (non-hydrogen) atoms. The van der Waals surface area contributed by atoms with Crippen molar-refractivity contribution in [3.05, 3.63) is 42.0 Å². The molecule has 2 aromatic heterocycles. The summed E-state index contributed by atoms with van der Waals surface area (Å²) in [5.74, 6) is -1.56. The summed E-state index contributed by atoms with van der Waals surface area (Å²) in [6.07, 6.45) is -1.55. The number of aromatic nitrogens is 3. The Bertz CT molecular complexity index is 1010. The van der Waals surface area contributed by atoms with Gasteiger partial charge in [-0.3, -0.25) is 4.79 Å². The van der Waals surface area contributed by atoms with Crippen molar-refractivity contribution < 1.29 is 15.8 Å². The van der Waals surface area contributed by atoms with E-state index in [0.717, 1.165) is 0 Å². The van der Waals surface area contributed by atoms with Gasteiger partial charge in [-0.1, -0.05) is 6.92 Å². The van der Waals surface area contributed by atoms with E-state index in [0.29, 0.717) is 10.6 Å². The lowest BCUT2D eigenvalue weighted by molar-refractivity contribution is 0.0554. The fraction of sp³-hybridized carbons (Fsp3) is 0.444. The van der Waals surface area contributed by atoms with Crippen molar-refractivity contribution in [3.8, 4) is 11.4 Å². The Morgan fingerprint density at radius 2 is 2.33 bits per heavy atom. The van der Waals surface area contributed by atoms with Crippen LogP contribution in [-0.4, -0.2) is 44.8 Å². The Balaban J connectivity index is 2.23. The molecule has 1 amide bonds.